The van der Waals surface area contributed by atoms with Crippen LogP contribution in [0.3, 0.4) is 0 Å². The number of aliphatic hydroxyl groups is 1. The van der Waals surface area contributed by atoms with Crippen LogP contribution in [-0.4, -0.2) is 37.0 Å². The van der Waals surface area contributed by atoms with E-state index in [1.807, 2.05) is 0 Å². The molecular weight excluding hydrogens is 172 g/mol. The van der Waals surface area contributed by atoms with E-state index in [0.29, 0.717) is 6.61 Å². The lowest BCUT2D eigenvalue weighted by atomic mass is 10.2. The molecule has 2 saturated heterocycles. The molecule has 4 heteroatoms. The average Bonchev–Trinajstić information content (AvgIpc) is 2.54. The molecule has 76 valence electrons. The molecule has 0 aliphatic carbocycles. The van der Waals surface area contributed by atoms with Gasteiger partial charge in [-0.3, -0.25) is 0 Å². The Morgan fingerprint density at radius 3 is 2.62 bits per heavy atom. The first-order chi connectivity index (χ1) is 6.36. The van der Waals surface area contributed by atoms with Crippen LogP contribution in [0.1, 0.15) is 25.7 Å². The Balaban J connectivity index is 1.75. The zero-order chi connectivity index (χ0) is 9.10. The summed E-state index contributed by atoms with van der Waals surface area (Å²) in [6.07, 6.45) is 2.88. The van der Waals surface area contributed by atoms with Crippen molar-refractivity contribution in [1.82, 2.24) is 0 Å². The Morgan fingerprint density at radius 1 is 1.08 bits per heavy atom. The third-order valence-electron chi connectivity index (χ3n) is 2.47. The second-order valence-corrected chi connectivity index (χ2v) is 3.52. The first kappa shape index (κ1) is 9.40. The molecule has 0 radical (unpaired) electrons. The summed E-state index contributed by atoms with van der Waals surface area (Å²) >= 11 is 0. The number of hydrogen-bond acceptors (Lipinski definition) is 4. The average molecular weight is 188 g/mol. The molecular formula is C9H16O4. The van der Waals surface area contributed by atoms with Crippen molar-refractivity contribution in [2.75, 3.05) is 13.2 Å². The maximum Gasteiger partial charge on any atom is 0.181 e. The van der Waals surface area contributed by atoms with Crippen molar-refractivity contribution >= 4 is 0 Å². The number of aliphatic hydroxyl groups excluding tert-OH is 1. The summed E-state index contributed by atoms with van der Waals surface area (Å²) in [4.78, 5) is 0. The molecule has 3 atom stereocenters. The molecule has 1 N–H and O–H groups in total. The van der Waals surface area contributed by atoms with Crippen LogP contribution < -0.4 is 0 Å². The maximum atomic E-state index is 9.32. The van der Waals surface area contributed by atoms with Crippen LogP contribution in [0.5, 0.6) is 0 Å². The topological polar surface area (TPSA) is 47.9 Å². The van der Waals surface area contributed by atoms with Gasteiger partial charge >= 0.3 is 0 Å². The highest BCUT2D eigenvalue weighted by atomic mass is 16.7. The highest BCUT2D eigenvalue weighted by Crippen LogP contribution is 2.21. The number of rotatable bonds is 2. The van der Waals surface area contributed by atoms with E-state index < -0.39 is 6.29 Å². The Labute approximate surface area is 77.8 Å². The van der Waals surface area contributed by atoms with Crippen LogP contribution in [0.2, 0.25) is 0 Å². The molecule has 2 fully saturated rings. The van der Waals surface area contributed by atoms with Gasteiger partial charge in [-0.15, -0.1) is 0 Å². The third kappa shape index (κ3) is 2.40. The van der Waals surface area contributed by atoms with Gasteiger partial charge in [-0.2, -0.15) is 0 Å². The first-order valence-corrected chi connectivity index (χ1v) is 4.93. The van der Waals surface area contributed by atoms with Crippen LogP contribution in [-0.2, 0) is 14.2 Å². The van der Waals surface area contributed by atoms with E-state index in [0.717, 1.165) is 32.3 Å². The van der Waals surface area contributed by atoms with E-state index in [1.54, 1.807) is 0 Å². The molecule has 2 rings (SSSR count). The molecule has 2 aliphatic heterocycles. The Kier molecular flexibility index (Phi) is 3.16. The van der Waals surface area contributed by atoms with Crippen LogP contribution in [0.25, 0.3) is 0 Å². The Morgan fingerprint density at radius 2 is 2.00 bits per heavy atom. The van der Waals surface area contributed by atoms with Gasteiger partial charge in [0.2, 0.25) is 0 Å². The van der Waals surface area contributed by atoms with Crippen LogP contribution >= 0.6 is 0 Å². The zero-order valence-corrected chi connectivity index (χ0v) is 7.65. The molecule has 0 saturated carbocycles. The predicted molar refractivity (Wildman–Crippen MR) is 45.0 cm³/mol. The zero-order valence-electron chi connectivity index (χ0n) is 7.65. The second-order valence-electron chi connectivity index (χ2n) is 3.52. The summed E-state index contributed by atoms with van der Waals surface area (Å²) in [5, 5.41) is 9.32. The lowest BCUT2D eigenvalue weighted by Gasteiger charge is -2.26. The molecule has 0 spiro atoms. The van der Waals surface area contributed by atoms with Gasteiger partial charge in [0.1, 0.15) is 6.10 Å². The summed E-state index contributed by atoms with van der Waals surface area (Å²) in [7, 11) is 0. The summed E-state index contributed by atoms with van der Waals surface area (Å²) in [6.45, 7) is 1.35. The summed E-state index contributed by atoms with van der Waals surface area (Å²) in [6, 6.07) is 0. The normalized spacial score (nSPS) is 40.8. The smallest absolute Gasteiger partial charge is 0.181 e. The molecule has 0 aromatic heterocycles. The van der Waals surface area contributed by atoms with Crippen molar-refractivity contribution in [2.45, 2.75) is 44.4 Å². The van der Waals surface area contributed by atoms with Gasteiger partial charge in [-0.05, 0) is 19.3 Å². The summed E-state index contributed by atoms with van der Waals surface area (Å²) in [5.74, 6) is 0. The highest BCUT2D eigenvalue weighted by molar-refractivity contribution is 4.69. The minimum atomic E-state index is -0.759. The maximum absolute atomic E-state index is 9.32. The molecule has 0 bridgehead atoms. The van der Waals surface area contributed by atoms with Crippen molar-refractivity contribution in [3.63, 3.8) is 0 Å². The molecule has 2 aliphatic rings. The van der Waals surface area contributed by atoms with Crippen molar-refractivity contribution in [3.8, 4) is 0 Å². The number of hydrogen-bond donors (Lipinski definition) is 1. The standard InChI is InChI=1S/C9H16O4/c10-9-7(4-6-12-9)13-8-3-1-2-5-11-8/h7-10H,1-6H2/t7-,8?,9?/m0/s1. The van der Waals surface area contributed by atoms with E-state index >= 15 is 0 Å². The molecule has 0 amide bonds. The lowest BCUT2D eigenvalue weighted by Crippen LogP contribution is -2.32. The Hall–Kier alpha value is -0.160. The number of ether oxygens (including phenoxy) is 3. The van der Waals surface area contributed by atoms with E-state index in [-0.39, 0.29) is 12.4 Å². The van der Waals surface area contributed by atoms with E-state index in [1.165, 1.54) is 0 Å². The van der Waals surface area contributed by atoms with Gasteiger partial charge in [0.15, 0.2) is 12.6 Å². The SMILES string of the molecule is OC1OCC[C@@H]1OC1CCCCO1. The summed E-state index contributed by atoms with van der Waals surface area (Å²) in [5.41, 5.74) is 0. The van der Waals surface area contributed by atoms with Gasteiger partial charge in [0.25, 0.3) is 0 Å². The molecule has 0 aromatic rings. The lowest BCUT2D eigenvalue weighted by molar-refractivity contribution is -0.223. The van der Waals surface area contributed by atoms with Gasteiger partial charge in [0, 0.05) is 13.0 Å². The molecule has 2 unspecified atom stereocenters. The summed E-state index contributed by atoms with van der Waals surface area (Å²) < 4.78 is 15.9. The fourth-order valence-electron chi connectivity index (χ4n) is 1.70. The van der Waals surface area contributed by atoms with Crippen LogP contribution in [0.4, 0.5) is 0 Å². The third-order valence-corrected chi connectivity index (χ3v) is 2.47. The van der Waals surface area contributed by atoms with Crippen LogP contribution in [0, 0.1) is 0 Å². The van der Waals surface area contributed by atoms with Crippen molar-refractivity contribution in [1.29, 1.82) is 0 Å². The van der Waals surface area contributed by atoms with Gasteiger partial charge in [0.05, 0.1) is 6.61 Å². The largest absolute Gasteiger partial charge is 0.366 e. The van der Waals surface area contributed by atoms with Crippen LogP contribution in [0.15, 0.2) is 0 Å². The van der Waals surface area contributed by atoms with Crippen molar-refractivity contribution < 1.29 is 19.3 Å². The van der Waals surface area contributed by atoms with E-state index in [2.05, 4.69) is 0 Å². The van der Waals surface area contributed by atoms with E-state index in [4.69, 9.17) is 14.2 Å². The fourth-order valence-corrected chi connectivity index (χ4v) is 1.70. The van der Waals surface area contributed by atoms with Gasteiger partial charge in [-0.25, -0.2) is 0 Å². The molecule has 0 aromatic carbocycles. The molecule has 13 heavy (non-hydrogen) atoms. The van der Waals surface area contributed by atoms with Crippen molar-refractivity contribution in [2.24, 2.45) is 0 Å². The minimum Gasteiger partial charge on any atom is -0.366 e. The Bertz CT molecular complexity index is 156. The molecule has 2 heterocycles. The van der Waals surface area contributed by atoms with Gasteiger partial charge in [-0.1, -0.05) is 0 Å². The quantitative estimate of drug-likeness (QED) is 0.690. The molecule has 4 nitrogen and oxygen atoms in total. The van der Waals surface area contributed by atoms with E-state index in [9.17, 15) is 5.11 Å². The minimum absolute atomic E-state index is 0.130. The fraction of sp³-hybridized carbons (Fsp3) is 1.00. The monoisotopic (exact) mass is 188 g/mol. The predicted octanol–water partition coefficient (Wildman–Crippen LogP) is 0.637. The van der Waals surface area contributed by atoms with Crippen molar-refractivity contribution in [3.05, 3.63) is 0 Å². The first-order valence-electron chi connectivity index (χ1n) is 4.93. The van der Waals surface area contributed by atoms with Gasteiger partial charge < -0.3 is 19.3 Å². The highest BCUT2D eigenvalue weighted by Gasteiger charge is 2.30. The second kappa shape index (κ2) is 4.37.